The first-order chi connectivity index (χ1) is 8.69. The Morgan fingerprint density at radius 3 is 2.61 bits per heavy atom. The Hall–Kier alpha value is -2.41. The van der Waals surface area contributed by atoms with Gasteiger partial charge >= 0.3 is 0 Å². The van der Waals surface area contributed by atoms with Crippen molar-refractivity contribution >= 4 is 5.69 Å². The zero-order valence-electron chi connectivity index (χ0n) is 9.45. The van der Waals surface area contributed by atoms with Crippen molar-refractivity contribution in [1.29, 1.82) is 5.26 Å². The molecular formula is C14H10F2N2. The van der Waals surface area contributed by atoms with E-state index in [1.807, 2.05) is 12.1 Å². The molecule has 2 aromatic carbocycles. The highest BCUT2D eigenvalue weighted by molar-refractivity contribution is 5.44. The van der Waals surface area contributed by atoms with E-state index >= 15 is 0 Å². The topological polar surface area (TPSA) is 35.8 Å². The van der Waals surface area contributed by atoms with Crippen molar-refractivity contribution in [2.75, 3.05) is 5.32 Å². The molecule has 0 atom stereocenters. The van der Waals surface area contributed by atoms with Crippen LogP contribution < -0.4 is 5.32 Å². The number of anilines is 1. The molecule has 90 valence electrons. The minimum atomic E-state index is -0.884. The van der Waals surface area contributed by atoms with Gasteiger partial charge in [-0.15, -0.1) is 0 Å². The molecule has 1 N–H and O–H groups in total. The standard InChI is InChI=1S/C14H10F2N2/c15-13-5-4-12(7-14(13)16)18-9-11-3-1-2-10(6-11)8-17/h1-7,18H,9H2. The van der Waals surface area contributed by atoms with Gasteiger partial charge in [-0.2, -0.15) is 5.26 Å². The minimum Gasteiger partial charge on any atom is -0.381 e. The number of nitriles is 1. The number of halogens is 2. The normalized spacial score (nSPS) is 9.83. The third-order valence-corrected chi connectivity index (χ3v) is 2.47. The molecule has 0 aliphatic heterocycles. The average molecular weight is 244 g/mol. The van der Waals surface area contributed by atoms with Crippen LogP contribution in [-0.4, -0.2) is 0 Å². The fourth-order valence-electron chi connectivity index (χ4n) is 1.56. The first-order valence-corrected chi connectivity index (χ1v) is 5.37. The summed E-state index contributed by atoms with van der Waals surface area (Å²) in [6, 6.07) is 12.8. The molecule has 4 heteroatoms. The van der Waals surface area contributed by atoms with Gasteiger partial charge in [0.15, 0.2) is 11.6 Å². The third kappa shape index (κ3) is 2.83. The summed E-state index contributed by atoms with van der Waals surface area (Å²) in [7, 11) is 0. The van der Waals surface area contributed by atoms with Crippen molar-refractivity contribution in [1.82, 2.24) is 0 Å². The summed E-state index contributed by atoms with van der Waals surface area (Å²) in [6.07, 6.45) is 0. The highest BCUT2D eigenvalue weighted by Crippen LogP contribution is 2.14. The number of hydrogen-bond donors (Lipinski definition) is 1. The fraction of sp³-hybridized carbons (Fsp3) is 0.0714. The van der Waals surface area contributed by atoms with Gasteiger partial charge < -0.3 is 5.32 Å². The smallest absolute Gasteiger partial charge is 0.160 e. The molecule has 0 aliphatic rings. The minimum absolute atomic E-state index is 0.445. The largest absolute Gasteiger partial charge is 0.381 e. The van der Waals surface area contributed by atoms with Crippen LogP contribution in [0.5, 0.6) is 0 Å². The van der Waals surface area contributed by atoms with Crippen molar-refractivity contribution in [2.45, 2.75) is 6.54 Å². The molecular weight excluding hydrogens is 234 g/mol. The molecule has 0 saturated carbocycles. The Bertz CT molecular complexity index is 603. The van der Waals surface area contributed by atoms with Crippen molar-refractivity contribution in [2.24, 2.45) is 0 Å². The van der Waals surface area contributed by atoms with Gasteiger partial charge in [0.2, 0.25) is 0 Å². The highest BCUT2D eigenvalue weighted by Gasteiger charge is 2.02. The van der Waals surface area contributed by atoms with E-state index in [0.29, 0.717) is 17.8 Å². The Kier molecular flexibility index (Phi) is 3.54. The molecule has 2 rings (SSSR count). The van der Waals surface area contributed by atoms with Crippen molar-refractivity contribution in [3.63, 3.8) is 0 Å². The molecule has 0 saturated heterocycles. The Morgan fingerprint density at radius 2 is 1.89 bits per heavy atom. The number of benzene rings is 2. The van der Waals surface area contributed by atoms with Crippen LogP contribution in [-0.2, 0) is 6.54 Å². The van der Waals surface area contributed by atoms with Gasteiger partial charge in [0.25, 0.3) is 0 Å². The van der Waals surface area contributed by atoms with E-state index < -0.39 is 11.6 Å². The highest BCUT2D eigenvalue weighted by atomic mass is 19.2. The molecule has 0 radical (unpaired) electrons. The van der Waals surface area contributed by atoms with Gasteiger partial charge in [-0.25, -0.2) is 8.78 Å². The van der Waals surface area contributed by atoms with Crippen LogP contribution in [0, 0.1) is 23.0 Å². The van der Waals surface area contributed by atoms with Crippen LogP contribution in [0.1, 0.15) is 11.1 Å². The lowest BCUT2D eigenvalue weighted by Crippen LogP contribution is -2.00. The number of nitrogens with zero attached hydrogens (tertiary/aromatic N) is 1. The second-order valence-electron chi connectivity index (χ2n) is 3.79. The number of nitrogens with one attached hydrogen (secondary N) is 1. The second kappa shape index (κ2) is 5.28. The Morgan fingerprint density at radius 1 is 1.06 bits per heavy atom. The Balaban J connectivity index is 2.07. The monoisotopic (exact) mass is 244 g/mol. The second-order valence-corrected chi connectivity index (χ2v) is 3.79. The molecule has 0 aromatic heterocycles. The first kappa shape index (κ1) is 12.1. The van der Waals surface area contributed by atoms with Crippen LogP contribution >= 0.6 is 0 Å². The lowest BCUT2D eigenvalue weighted by Gasteiger charge is -2.07. The SMILES string of the molecule is N#Cc1cccc(CNc2ccc(F)c(F)c2)c1. The lowest BCUT2D eigenvalue weighted by molar-refractivity contribution is 0.509. The van der Waals surface area contributed by atoms with E-state index in [9.17, 15) is 8.78 Å². The van der Waals surface area contributed by atoms with Crippen molar-refractivity contribution in [3.8, 4) is 6.07 Å². The van der Waals surface area contributed by atoms with E-state index in [1.165, 1.54) is 6.07 Å². The predicted molar refractivity (Wildman–Crippen MR) is 64.8 cm³/mol. The van der Waals surface area contributed by atoms with E-state index in [4.69, 9.17) is 5.26 Å². The lowest BCUT2D eigenvalue weighted by atomic mass is 10.1. The summed E-state index contributed by atoms with van der Waals surface area (Å²) in [5.74, 6) is -1.75. The third-order valence-electron chi connectivity index (χ3n) is 2.47. The van der Waals surface area contributed by atoms with Crippen molar-refractivity contribution < 1.29 is 8.78 Å². The van der Waals surface area contributed by atoms with Gasteiger partial charge in [0, 0.05) is 18.3 Å². The molecule has 0 heterocycles. The maximum atomic E-state index is 13.0. The van der Waals surface area contributed by atoms with Gasteiger partial charge in [-0.1, -0.05) is 12.1 Å². The Labute approximate surface area is 103 Å². The molecule has 2 aromatic rings. The van der Waals surface area contributed by atoms with Crippen LogP contribution in [0.2, 0.25) is 0 Å². The maximum absolute atomic E-state index is 13.0. The number of rotatable bonds is 3. The molecule has 0 aliphatic carbocycles. The van der Waals surface area contributed by atoms with Crippen LogP contribution in [0.4, 0.5) is 14.5 Å². The summed E-state index contributed by atoms with van der Waals surface area (Å²) in [4.78, 5) is 0. The summed E-state index contributed by atoms with van der Waals surface area (Å²) in [6.45, 7) is 0.445. The van der Waals surface area contributed by atoms with Gasteiger partial charge in [-0.3, -0.25) is 0 Å². The zero-order chi connectivity index (χ0) is 13.0. The summed E-state index contributed by atoms with van der Waals surface area (Å²) in [5, 5.41) is 11.7. The summed E-state index contributed by atoms with van der Waals surface area (Å²) < 4.78 is 25.7. The average Bonchev–Trinajstić information content (AvgIpc) is 2.40. The number of hydrogen-bond acceptors (Lipinski definition) is 2. The van der Waals surface area contributed by atoms with Gasteiger partial charge in [0.1, 0.15) is 0 Å². The summed E-state index contributed by atoms with van der Waals surface area (Å²) >= 11 is 0. The van der Waals surface area contributed by atoms with E-state index in [-0.39, 0.29) is 0 Å². The maximum Gasteiger partial charge on any atom is 0.160 e. The van der Waals surface area contributed by atoms with Crippen LogP contribution in [0.15, 0.2) is 42.5 Å². The van der Waals surface area contributed by atoms with E-state index in [1.54, 1.807) is 18.2 Å². The molecule has 0 spiro atoms. The first-order valence-electron chi connectivity index (χ1n) is 5.37. The molecule has 0 unspecified atom stereocenters. The van der Waals surface area contributed by atoms with E-state index in [2.05, 4.69) is 5.32 Å². The van der Waals surface area contributed by atoms with Gasteiger partial charge in [0.05, 0.1) is 11.6 Å². The van der Waals surface area contributed by atoms with E-state index in [0.717, 1.165) is 17.7 Å². The van der Waals surface area contributed by atoms with Crippen LogP contribution in [0.25, 0.3) is 0 Å². The molecule has 18 heavy (non-hydrogen) atoms. The van der Waals surface area contributed by atoms with Crippen molar-refractivity contribution in [3.05, 3.63) is 65.2 Å². The quantitative estimate of drug-likeness (QED) is 0.897. The zero-order valence-corrected chi connectivity index (χ0v) is 9.45. The predicted octanol–water partition coefficient (Wildman–Crippen LogP) is 3.45. The molecule has 0 bridgehead atoms. The molecule has 0 amide bonds. The van der Waals surface area contributed by atoms with Crippen LogP contribution in [0.3, 0.4) is 0 Å². The molecule has 2 nitrogen and oxygen atoms in total. The van der Waals surface area contributed by atoms with Gasteiger partial charge in [-0.05, 0) is 29.8 Å². The molecule has 0 fully saturated rings. The fourth-order valence-corrected chi connectivity index (χ4v) is 1.56. The summed E-state index contributed by atoms with van der Waals surface area (Å²) in [5.41, 5.74) is 1.97.